The highest BCUT2D eigenvalue weighted by molar-refractivity contribution is 7.22. The lowest BCUT2D eigenvalue weighted by atomic mass is 9.49. The Kier molecular flexibility index (Phi) is 7.17. The molecule has 12 heteroatoms. The smallest absolute Gasteiger partial charge is 0.358 e. The highest BCUT2D eigenvalue weighted by Crippen LogP contribution is 2.60. The van der Waals surface area contributed by atoms with Crippen LogP contribution in [-0.2, 0) is 11.3 Å². The summed E-state index contributed by atoms with van der Waals surface area (Å²) in [5, 5.41) is 16.7. The number of rotatable bonds is 8. The Balaban J connectivity index is 1.05. The molecule has 4 aliphatic rings. The fraction of sp³-hybridized carbons (Fsp3) is 0.378. The number of amides is 1. The summed E-state index contributed by atoms with van der Waals surface area (Å²) >= 11 is 2.91. The Morgan fingerprint density at radius 3 is 2.43 bits per heavy atom. The maximum Gasteiger partial charge on any atom is 0.358 e. The first-order chi connectivity index (χ1) is 23.8. The normalized spacial score (nSPS) is 22.6. The van der Waals surface area contributed by atoms with Gasteiger partial charge in [0, 0.05) is 17.8 Å². The molecule has 10 rings (SSSR count). The van der Waals surface area contributed by atoms with Crippen molar-refractivity contribution < 1.29 is 14.3 Å². The van der Waals surface area contributed by atoms with Crippen LogP contribution in [0, 0.1) is 37.0 Å². The molecule has 0 radical (unpaired) electrons. The molecule has 4 bridgehead atoms. The van der Waals surface area contributed by atoms with Gasteiger partial charge in [0.05, 0.1) is 51.0 Å². The number of nitrogens with one attached hydrogen (secondary N) is 2. The van der Waals surface area contributed by atoms with Gasteiger partial charge in [-0.1, -0.05) is 35.6 Å². The predicted octanol–water partition coefficient (Wildman–Crippen LogP) is 8.48. The summed E-state index contributed by atoms with van der Waals surface area (Å²) in [5.41, 5.74) is 6.01. The van der Waals surface area contributed by atoms with Crippen LogP contribution in [0.5, 0.6) is 0 Å². The molecule has 0 saturated heterocycles. The number of nitrogens with zero attached hydrogens (tertiary/aromatic N) is 5. The van der Waals surface area contributed by atoms with Crippen molar-refractivity contribution >= 4 is 66.1 Å². The molecule has 4 heterocycles. The monoisotopic (exact) mass is 691 g/mol. The lowest BCUT2D eigenvalue weighted by Gasteiger charge is -2.56. The Morgan fingerprint density at radius 2 is 1.69 bits per heavy atom. The summed E-state index contributed by atoms with van der Waals surface area (Å²) in [5.74, 6) is 1.88. The molecule has 2 N–H and O–H groups in total. The van der Waals surface area contributed by atoms with Gasteiger partial charge in [0.1, 0.15) is 4.83 Å². The second-order valence-electron chi connectivity index (χ2n) is 14.3. The van der Waals surface area contributed by atoms with Crippen molar-refractivity contribution in [2.24, 2.45) is 23.2 Å². The first-order valence-electron chi connectivity index (χ1n) is 16.9. The zero-order valence-corrected chi connectivity index (χ0v) is 29.3. The lowest BCUT2D eigenvalue weighted by Crippen LogP contribution is -2.48. The number of methoxy groups -OCH3 is 1. The van der Waals surface area contributed by atoms with E-state index in [9.17, 15) is 9.59 Å². The number of aromatic nitrogens is 5. The molecule has 4 saturated carbocycles. The number of para-hydroxylation sites is 2. The molecule has 2 aromatic carbocycles. The number of benzene rings is 2. The quantitative estimate of drug-likeness (QED) is 0.154. The van der Waals surface area contributed by atoms with E-state index in [0.717, 1.165) is 61.2 Å². The molecule has 49 heavy (non-hydrogen) atoms. The number of fused-ring (bicyclic) bond motifs is 2. The van der Waals surface area contributed by atoms with Gasteiger partial charge in [-0.15, -0.1) is 11.3 Å². The van der Waals surface area contributed by atoms with Gasteiger partial charge in [-0.2, -0.15) is 10.2 Å². The van der Waals surface area contributed by atoms with Gasteiger partial charge >= 0.3 is 5.97 Å². The van der Waals surface area contributed by atoms with E-state index < -0.39 is 5.97 Å². The molecule has 0 unspecified atom stereocenters. The number of carbonyl (C=O) groups excluding carboxylic acids is 2. The van der Waals surface area contributed by atoms with Gasteiger partial charge in [0.15, 0.2) is 10.8 Å². The summed E-state index contributed by atoms with van der Waals surface area (Å²) in [4.78, 5) is 33.0. The molecular weight excluding hydrogens is 655 g/mol. The number of hydrogen-bond donors (Lipinski definition) is 2. The summed E-state index contributed by atoms with van der Waals surface area (Å²) in [6, 6.07) is 15.2. The van der Waals surface area contributed by atoms with E-state index in [0.29, 0.717) is 33.2 Å². The fourth-order valence-corrected chi connectivity index (χ4v) is 11.4. The Labute approximate surface area is 291 Å². The molecule has 0 spiro atoms. The standard InChI is InChI=1S/C37H37N7O3S2/c1-20-30(39-27-9-5-4-8-25(27)33(45)41-36-40-28-10-6-7-11-29(28)48-36)34-44(42-20)31(35(46)47-3)32(49-34)26-18-38-43(21(26)2)19-37-15-22-12-23(16-37)14-24(13-22)17-37/h4-11,18,22-24,39H,12-17,19H2,1-3H3,(H,40,41,45). The van der Waals surface area contributed by atoms with E-state index in [4.69, 9.17) is 14.9 Å². The van der Waals surface area contributed by atoms with Crippen molar-refractivity contribution in [3.05, 3.63) is 77.4 Å². The number of carbonyl (C=O) groups is 2. The van der Waals surface area contributed by atoms with Crippen LogP contribution in [0.4, 0.5) is 16.5 Å². The molecule has 10 nitrogen and oxygen atoms in total. The van der Waals surface area contributed by atoms with Crippen molar-refractivity contribution in [3.63, 3.8) is 0 Å². The summed E-state index contributed by atoms with van der Waals surface area (Å²) in [6.45, 7) is 4.93. The number of hydrogen-bond acceptors (Lipinski definition) is 9. The van der Waals surface area contributed by atoms with Gasteiger partial charge < -0.3 is 10.1 Å². The van der Waals surface area contributed by atoms with E-state index in [1.165, 1.54) is 68.3 Å². The van der Waals surface area contributed by atoms with Gasteiger partial charge in [0.2, 0.25) is 0 Å². The Morgan fingerprint density at radius 1 is 0.980 bits per heavy atom. The zero-order valence-electron chi connectivity index (χ0n) is 27.7. The third kappa shape index (κ3) is 5.15. The highest BCUT2D eigenvalue weighted by Gasteiger charge is 2.51. The second kappa shape index (κ2) is 11.5. The minimum absolute atomic E-state index is 0.271. The van der Waals surface area contributed by atoms with Crippen molar-refractivity contribution in [1.82, 2.24) is 24.4 Å². The molecule has 1 amide bonds. The van der Waals surface area contributed by atoms with E-state index in [1.54, 1.807) is 10.6 Å². The Bertz CT molecular complexity index is 2210. The molecule has 4 aromatic heterocycles. The maximum atomic E-state index is 13.6. The first kappa shape index (κ1) is 30.5. The Hall–Kier alpha value is -4.55. The number of anilines is 3. The number of esters is 1. The van der Waals surface area contributed by atoms with Crippen molar-refractivity contribution in [2.75, 3.05) is 17.7 Å². The average Bonchev–Trinajstić information content (AvgIpc) is 3.82. The third-order valence-electron chi connectivity index (χ3n) is 11.0. The van der Waals surface area contributed by atoms with Crippen LogP contribution in [0.15, 0.2) is 54.7 Å². The van der Waals surface area contributed by atoms with Gasteiger partial charge in [-0.05, 0) is 99.8 Å². The first-order valence-corrected chi connectivity index (χ1v) is 18.6. The van der Waals surface area contributed by atoms with Crippen LogP contribution in [0.2, 0.25) is 0 Å². The molecule has 4 fully saturated rings. The van der Waals surface area contributed by atoms with Gasteiger partial charge in [-0.3, -0.25) is 14.8 Å². The summed E-state index contributed by atoms with van der Waals surface area (Å²) in [7, 11) is 1.40. The lowest BCUT2D eigenvalue weighted by molar-refractivity contribution is -0.0638. The third-order valence-corrected chi connectivity index (χ3v) is 13.1. The maximum absolute atomic E-state index is 13.6. The minimum atomic E-state index is -0.459. The van der Waals surface area contributed by atoms with E-state index >= 15 is 0 Å². The van der Waals surface area contributed by atoms with Crippen molar-refractivity contribution in [1.29, 1.82) is 0 Å². The number of aryl methyl sites for hydroxylation is 1. The molecule has 4 aliphatic carbocycles. The second-order valence-corrected chi connectivity index (χ2v) is 16.3. The largest absolute Gasteiger partial charge is 0.464 e. The molecule has 6 aromatic rings. The highest BCUT2D eigenvalue weighted by atomic mass is 32.1. The number of thiazole rings is 2. The summed E-state index contributed by atoms with van der Waals surface area (Å²) in [6.07, 6.45) is 10.1. The van der Waals surface area contributed by atoms with Crippen LogP contribution in [-0.4, -0.2) is 43.4 Å². The average molecular weight is 692 g/mol. The summed E-state index contributed by atoms with van der Waals surface area (Å²) < 4.78 is 10.2. The van der Waals surface area contributed by atoms with Gasteiger partial charge in [-0.25, -0.2) is 14.3 Å². The van der Waals surface area contributed by atoms with Crippen molar-refractivity contribution in [2.45, 2.75) is 58.9 Å². The van der Waals surface area contributed by atoms with Crippen molar-refractivity contribution in [3.8, 4) is 10.4 Å². The minimum Gasteiger partial charge on any atom is -0.464 e. The van der Waals surface area contributed by atoms with Crippen LogP contribution in [0.3, 0.4) is 0 Å². The number of ether oxygens (including phenoxy) is 1. The van der Waals surface area contributed by atoms with Crippen LogP contribution < -0.4 is 10.6 Å². The van der Waals surface area contributed by atoms with Gasteiger partial charge in [0.25, 0.3) is 5.91 Å². The van der Waals surface area contributed by atoms with Crippen LogP contribution >= 0.6 is 22.7 Å². The van der Waals surface area contributed by atoms with E-state index in [-0.39, 0.29) is 5.91 Å². The molecular formula is C37H37N7O3S2. The van der Waals surface area contributed by atoms with Crippen LogP contribution in [0.1, 0.15) is 70.8 Å². The van der Waals surface area contributed by atoms with E-state index in [2.05, 4.69) is 27.2 Å². The zero-order chi connectivity index (χ0) is 33.4. The molecule has 250 valence electrons. The molecule has 0 atom stereocenters. The van der Waals surface area contributed by atoms with E-state index in [1.807, 2.05) is 55.6 Å². The predicted molar refractivity (Wildman–Crippen MR) is 193 cm³/mol. The molecule has 0 aliphatic heterocycles. The fourth-order valence-electron chi connectivity index (χ4n) is 9.24. The topological polar surface area (TPSA) is 115 Å². The van der Waals surface area contributed by atoms with Crippen LogP contribution in [0.25, 0.3) is 25.5 Å². The SMILES string of the molecule is COC(=O)c1c(-c2cnn(CC34CC5CC(CC(C5)C3)C4)c2C)sc2c(Nc3ccccc3C(=O)Nc3nc4ccccc4s3)c(C)nn12.